The van der Waals surface area contributed by atoms with Gasteiger partial charge in [-0.2, -0.15) is 0 Å². The Morgan fingerprint density at radius 1 is 1.27 bits per heavy atom. The van der Waals surface area contributed by atoms with Gasteiger partial charge in [0, 0.05) is 18.4 Å². The van der Waals surface area contributed by atoms with Gasteiger partial charge in [-0.25, -0.2) is 4.79 Å². The number of thiophene rings is 1. The van der Waals surface area contributed by atoms with Crippen molar-refractivity contribution in [3.05, 3.63) is 56.8 Å². The minimum Gasteiger partial charge on any atom is -0.477 e. The normalized spacial score (nSPS) is 12.3. The van der Waals surface area contributed by atoms with Crippen LogP contribution in [0.5, 0.6) is 0 Å². The fourth-order valence-electron chi connectivity index (χ4n) is 2.53. The largest absolute Gasteiger partial charge is 0.477 e. The molecule has 1 atom stereocenters. The van der Waals surface area contributed by atoms with Crippen LogP contribution < -0.4 is 0 Å². The van der Waals surface area contributed by atoms with E-state index >= 15 is 0 Å². The van der Waals surface area contributed by atoms with E-state index in [1.807, 2.05) is 65.0 Å². The van der Waals surface area contributed by atoms with Crippen molar-refractivity contribution < 1.29 is 14.6 Å². The molecule has 0 bridgehead atoms. The van der Waals surface area contributed by atoms with Crippen molar-refractivity contribution in [3.8, 4) is 11.8 Å². The quantitative estimate of drug-likeness (QED) is 0.686. The van der Waals surface area contributed by atoms with Crippen LogP contribution in [-0.2, 0) is 11.2 Å². The Morgan fingerprint density at radius 3 is 2.46 bits per heavy atom. The number of aryl methyl sites for hydroxylation is 1. The van der Waals surface area contributed by atoms with E-state index in [0.29, 0.717) is 17.9 Å². The number of rotatable bonds is 6. The lowest BCUT2D eigenvalue weighted by Crippen LogP contribution is -2.09. The standard InChI is InChI=1S/C22H26O3S/c1-6-25-19(16-9-7-15(2)8-10-16)14-17-13-18(11-12-22(3,4)5)26-20(17)21(23)24/h7-10,13,19H,6,14H2,1-5H3,(H,23,24). The summed E-state index contributed by atoms with van der Waals surface area (Å²) in [5.74, 6) is 5.38. The third-order valence-corrected chi connectivity index (χ3v) is 4.87. The lowest BCUT2D eigenvalue weighted by molar-refractivity contribution is 0.0617. The van der Waals surface area contributed by atoms with Crippen molar-refractivity contribution in [2.75, 3.05) is 6.61 Å². The van der Waals surface area contributed by atoms with Crippen LogP contribution in [0.4, 0.5) is 0 Å². The van der Waals surface area contributed by atoms with Gasteiger partial charge < -0.3 is 9.84 Å². The molecule has 1 unspecified atom stereocenters. The molecule has 1 N–H and O–H groups in total. The SMILES string of the molecule is CCOC(Cc1cc(C#CC(C)(C)C)sc1C(=O)O)c1ccc(C)cc1. The van der Waals surface area contributed by atoms with Gasteiger partial charge >= 0.3 is 5.97 Å². The van der Waals surface area contributed by atoms with Gasteiger partial charge in [0.1, 0.15) is 4.88 Å². The molecule has 0 aliphatic carbocycles. The summed E-state index contributed by atoms with van der Waals surface area (Å²) in [7, 11) is 0. The Kier molecular flexibility index (Phi) is 6.63. The summed E-state index contributed by atoms with van der Waals surface area (Å²) >= 11 is 1.24. The zero-order valence-corrected chi connectivity index (χ0v) is 16.9. The third kappa shape index (κ3) is 5.72. The number of carboxylic acid groups (broad SMARTS) is 1. The molecule has 2 rings (SSSR count). The topological polar surface area (TPSA) is 46.5 Å². The van der Waals surface area contributed by atoms with Crippen LogP contribution in [0, 0.1) is 24.2 Å². The fourth-order valence-corrected chi connectivity index (χ4v) is 3.41. The van der Waals surface area contributed by atoms with Crippen molar-refractivity contribution in [3.63, 3.8) is 0 Å². The second-order valence-corrected chi connectivity index (χ2v) is 8.38. The van der Waals surface area contributed by atoms with Crippen LogP contribution >= 0.6 is 11.3 Å². The predicted molar refractivity (Wildman–Crippen MR) is 107 cm³/mol. The van der Waals surface area contributed by atoms with Gasteiger partial charge in [-0.05, 0) is 51.8 Å². The van der Waals surface area contributed by atoms with Crippen molar-refractivity contribution in [1.29, 1.82) is 0 Å². The lowest BCUT2D eigenvalue weighted by atomic mass is 9.98. The summed E-state index contributed by atoms with van der Waals surface area (Å²) in [4.78, 5) is 12.8. The molecule has 4 heteroatoms. The Bertz CT molecular complexity index is 814. The van der Waals surface area contributed by atoms with E-state index in [1.54, 1.807) is 0 Å². The maximum atomic E-state index is 11.7. The molecule has 138 valence electrons. The first-order valence-electron chi connectivity index (χ1n) is 8.77. The molecule has 0 aliphatic heterocycles. The number of carbonyl (C=O) groups is 1. The molecule has 0 saturated carbocycles. The first kappa shape index (κ1) is 20.2. The summed E-state index contributed by atoms with van der Waals surface area (Å²) in [6.45, 7) is 10.7. The smallest absolute Gasteiger partial charge is 0.346 e. The summed E-state index contributed by atoms with van der Waals surface area (Å²) in [5.41, 5.74) is 2.90. The Hall–Kier alpha value is -2.09. The van der Waals surface area contributed by atoms with E-state index in [1.165, 1.54) is 16.9 Å². The first-order valence-corrected chi connectivity index (χ1v) is 9.58. The Balaban J connectivity index is 2.34. The first-order chi connectivity index (χ1) is 12.2. The van der Waals surface area contributed by atoms with Crippen LogP contribution in [0.15, 0.2) is 30.3 Å². The second kappa shape index (κ2) is 8.53. The van der Waals surface area contributed by atoms with Gasteiger partial charge in [-0.1, -0.05) is 41.7 Å². The Morgan fingerprint density at radius 2 is 1.92 bits per heavy atom. The van der Waals surface area contributed by atoms with E-state index in [-0.39, 0.29) is 11.5 Å². The number of carboxylic acids is 1. The lowest BCUT2D eigenvalue weighted by Gasteiger charge is -2.17. The molecule has 0 amide bonds. The maximum absolute atomic E-state index is 11.7. The maximum Gasteiger partial charge on any atom is 0.346 e. The molecule has 1 aromatic heterocycles. The van der Waals surface area contributed by atoms with Gasteiger partial charge in [0.05, 0.1) is 11.0 Å². The van der Waals surface area contributed by atoms with Crippen LogP contribution in [-0.4, -0.2) is 17.7 Å². The van der Waals surface area contributed by atoms with Gasteiger partial charge in [0.25, 0.3) is 0 Å². The monoisotopic (exact) mass is 370 g/mol. The predicted octanol–water partition coefficient (Wildman–Crippen LogP) is 5.47. The summed E-state index contributed by atoms with van der Waals surface area (Å²) in [6, 6.07) is 10.1. The van der Waals surface area contributed by atoms with Crippen LogP contribution in [0.25, 0.3) is 0 Å². The molecule has 1 aromatic carbocycles. The summed E-state index contributed by atoms with van der Waals surface area (Å²) < 4.78 is 5.91. The Labute approximate surface area is 160 Å². The zero-order valence-electron chi connectivity index (χ0n) is 16.1. The number of ether oxygens (including phenoxy) is 1. The number of aromatic carboxylic acids is 1. The fraction of sp³-hybridized carbons (Fsp3) is 0.409. The van der Waals surface area contributed by atoms with Crippen LogP contribution in [0.1, 0.15) is 65.0 Å². The second-order valence-electron chi connectivity index (χ2n) is 7.33. The van der Waals surface area contributed by atoms with E-state index in [0.717, 1.165) is 16.0 Å². The molecule has 0 spiro atoms. The number of hydrogen-bond acceptors (Lipinski definition) is 3. The van der Waals surface area contributed by atoms with Gasteiger partial charge in [-0.3, -0.25) is 0 Å². The minimum absolute atomic E-state index is 0.122. The van der Waals surface area contributed by atoms with Crippen molar-refractivity contribution in [2.45, 2.75) is 47.1 Å². The zero-order chi connectivity index (χ0) is 19.3. The highest BCUT2D eigenvalue weighted by atomic mass is 32.1. The van der Waals surface area contributed by atoms with E-state index in [4.69, 9.17) is 4.74 Å². The highest BCUT2D eigenvalue weighted by Crippen LogP contribution is 2.29. The third-order valence-electron chi connectivity index (χ3n) is 3.79. The van der Waals surface area contributed by atoms with E-state index < -0.39 is 5.97 Å². The van der Waals surface area contributed by atoms with E-state index in [9.17, 15) is 9.90 Å². The molecule has 3 nitrogen and oxygen atoms in total. The number of hydrogen-bond donors (Lipinski definition) is 1. The molecule has 26 heavy (non-hydrogen) atoms. The molecule has 0 radical (unpaired) electrons. The van der Waals surface area contributed by atoms with Crippen LogP contribution in [0.2, 0.25) is 0 Å². The van der Waals surface area contributed by atoms with Gasteiger partial charge in [-0.15, -0.1) is 11.3 Å². The molecular weight excluding hydrogens is 344 g/mol. The molecule has 0 fully saturated rings. The van der Waals surface area contributed by atoms with Crippen molar-refractivity contribution >= 4 is 17.3 Å². The summed E-state index contributed by atoms with van der Waals surface area (Å²) in [6.07, 6.45) is 0.350. The van der Waals surface area contributed by atoms with E-state index in [2.05, 4.69) is 11.8 Å². The van der Waals surface area contributed by atoms with Gasteiger partial charge in [0.15, 0.2) is 0 Å². The molecule has 2 aromatic rings. The molecule has 0 saturated heterocycles. The van der Waals surface area contributed by atoms with Crippen LogP contribution in [0.3, 0.4) is 0 Å². The van der Waals surface area contributed by atoms with Gasteiger partial charge in [0.2, 0.25) is 0 Å². The highest BCUT2D eigenvalue weighted by molar-refractivity contribution is 7.14. The number of benzene rings is 1. The average molecular weight is 371 g/mol. The summed E-state index contributed by atoms with van der Waals surface area (Å²) in [5, 5.41) is 9.58. The molecular formula is C22H26O3S. The average Bonchev–Trinajstić information content (AvgIpc) is 2.96. The van der Waals surface area contributed by atoms with Crippen molar-refractivity contribution in [1.82, 2.24) is 0 Å². The van der Waals surface area contributed by atoms with Crippen molar-refractivity contribution in [2.24, 2.45) is 5.41 Å². The highest BCUT2D eigenvalue weighted by Gasteiger charge is 2.20. The molecule has 1 heterocycles. The minimum atomic E-state index is -0.909. The molecule has 0 aliphatic rings.